The van der Waals surface area contributed by atoms with E-state index in [1.165, 1.54) is 61.3 Å². The van der Waals surface area contributed by atoms with Gasteiger partial charge in [0, 0.05) is 44.2 Å². The summed E-state index contributed by atoms with van der Waals surface area (Å²) in [6, 6.07) is 55.6. The minimum absolute atomic E-state index is 0.0268. The molecule has 0 saturated carbocycles. The van der Waals surface area contributed by atoms with Crippen LogP contribution in [0.4, 0.5) is 17.1 Å². The van der Waals surface area contributed by atoms with Crippen LogP contribution in [0.5, 0.6) is 0 Å². The highest BCUT2D eigenvalue weighted by atomic mass is 16.3. The fourth-order valence-corrected chi connectivity index (χ4v) is 9.79. The average molecular weight is 723 g/mol. The first-order valence-electron chi connectivity index (χ1n) is 19.9. The number of hydrogen-bond acceptors (Lipinski definition) is 3. The van der Waals surface area contributed by atoms with E-state index in [4.69, 9.17) is 9.41 Å². The van der Waals surface area contributed by atoms with Gasteiger partial charge >= 0.3 is 0 Å². The second kappa shape index (κ2) is 12.3. The Hall–Kier alpha value is -6.45. The quantitative estimate of drug-likeness (QED) is 0.166. The predicted molar refractivity (Wildman–Crippen MR) is 234 cm³/mol. The Morgan fingerprint density at radius 2 is 1.21 bits per heavy atom. The van der Waals surface area contributed by atoms with Gasteiger partial charge in [0.2, 0.25) is 0 Å². The van der Waals surface area contributed by atoms with Gasteiger partial charge in [-0.1, -0.05) is 130 Å². The molecule has 0 N–H and O–H groups in total. The fourth-order valence-electron chi connectivity index (χ4n) is 9.79. The van der Waals surface area contributed by atoms with Gasteiger partial charge in [-0.25, -0.2) is 0 Å². The van der Waals surface area contributed by atoms with E-state index in [1.807, 2.05) is 0 Å². The van der Waals surface area contributed by atoms with E-state index >= 15 is 0 Å². The van der Waals surface area contributed by atoms with Crippen LogP contribution < -0.4 is 4.90 Å². The third kappa shape index (κ3) is 5.00. The van der Waals surface area contributed by atoms with Crippen molar-refractivity contribution in [2.75, 3.05) is 11.4 Å². The number of hydrogen-bond donors (Lipinski definition) is 0. The number of aryl methyl sites for hydroxylation is 1. The second-order valence-corrected chi connectivity index (χ2v) is 16.5. The zero-order valence-corrected chi connectivity index (χ0v) is 32.0. The fraction of sp³-hybridized carbons (Fsp3) is 0.151. The molecule has 1 unspecified atom stereocenters. The Morgan fingerprint density at radius 1 is 0.554 bits per heavy atom. The Morgan fingerprint density at radius 3 is 2.07 bits per heavy atom. The molecule has 2 aliphatic carbocycles. The normalized spacial score (nSPS) is 17.6. The highest BCUT2D eigenvalue weighted by Gasteiger charge is 2.37. The molecular formula is C53H42N2O. The van der Waals surface area contributed by atoms with Crippen LogP contribution >= 0.6 is 0 Å². The molecular weight excluding hydrogens is 681 g/mol. The summed E-state index contributed by atoms with van der Waals surface area (Å²) in [6.45, 7) is 7.79. The van der Waals surface area contributed by atoms with Crippen molar-refractivity contribution in [3.8, 4) is 33.4 Å². The van der Waals surface area contributed by atoms with Crippen molar-refractivity contribution >= 4 is 44.7 Å². The molecule has 0 radical (unpaired) electrons. The first-order chi connectivity index (χ1) is 27.4. The lowest BCUT2D eigenvalue weighted by Gasteiger charge is -2.37. The summed E-state index contributed by atoms with van der Waals surface area (Å²) in [5.74, 6) is 0. The summed E-state index contributed by atoms with van der Waals surface area (Å²) in [6.07, 6.45) is 6.75. The molecule has 1 atom stereocenters. The largest absolute Gasteiger partial charge is 0.456 e. The van der Waals surface area contributed by atoms with Crippen molar-refractivity contribution < 1.29 is 4.42 Å². The Labute approximate surface area is 328 Å². The van der Waals surface area contributed by atoms with Crippen molar-refractivity contribution in [3.05, 3.63) is 186 Å². The summed E-state index contributed by atoms with van der Waals surface area (Å²) < 4.78 is 6.54. The van der Waals surface area contributed by atoms with Gasteiger partial charge in [0.25, 0.3) is 0 Å². The SMILES string of the molecule is CC12C=CCN=C1c1c(cccc1-c1ccc3oc4ccc(N(c5ccc(-c6ccccc6)cc5)c5ccc6c(c5)C(C)(C)c5ccccc5-6)cc4c3c1)CC2. The summed E-state index contributed by atoms with van der Waals surface area (Å²) >= 11 is 0. The standard InChI is InChI=1S/C53H42N2O/c1-52(2)46-16-8-7-14-42(46)43-24-22-40(33-47(43)52)55(38-20-17-35(18-21-38)34-11-5-4-6-12-34)39-23-26-49-45(32-39)44-31-37(19-25-48(44)56-49)41-15-9-13-36-27-29-53(3)28-10-30-54-51(53)50(36)41/h4-26,28,31-33H,27,29-30H2,1-3H3. The maximum Gasteiger partial charge on any atom is 0.135 e. The van der Waals surface area contributed by atoms with Gasteiger partial charge in [0.05, 0.1) is 12.3 Å². The van der Waals surface area contributed by atoms with Gasteiger partial charge in [-0.15, -0.1) is 0 Å². The monoisotopic (exact) mass is 722 g/mol. The first-order valence-corrected chi connectivity index (χ1v) is 19.9. The highest BCUT2D eigenvalue weighted by Crippen LogP contribution is 2.51. The van der Waals surface area contributed by atoms with Crippen LogP contribution in [0, 0.1) is 5.41 Å². The van der Waals surface area contributed by atoms with E-state index in [1.54, 1.807) is 0 Å². The van der Waals surface area contributed by atoms with Crippen LogP contribution in [-0.2, 0) is 11.8 Å². The van der Waals surface area contributed by atoms with Gasteiger partial charge in [-0.3, -0.25) is 4.99 Å². The molecule has 270 valence electrons. The van der Waals surface area contributed by atoms with Crippen LogP contribution in [0.2, 0.25) is 0 Å². The molecule has 0 fully saturated rings. The van der Waals surface area contributed by atoms with Crippen molar-refractivity contribution in [2.45, 2.75) is 39.0 Å². The van der Waals surface area contributed by atoms with Crippen molar-refractivity contribution in [2.24, 2.45) is 10.4 Å². The molecule has 1 aromatic heterocycles. The molecule has 0 saturated heterocycles. The van der Waals surface area contributed by atoms with Crippen molar-refractivity contribution in [1.82, 2.24) is 0 Å². The Balaban J connectivity index is 1.07. The highest BCUT2D eigenvalue weighted by molar-refractivity contribution is 6.14. The molecule has 3 aliphatic rings. The lowest BCUT2D eigenvalue weighted by molar-refractivity contribution is 0.518. The lowest BCUT2D eigenvalue weighted by atomic mass is 9.68. The zero-order chi connectivity index (χ0) is 37.6. The third-order valence-corrected chi connectivity index (χ3v) is 12.8. The van der Waals surface area contributed by atoms with Gasteiger partial charge < -0.3 is 9.32 Å². The van der Waals surface area contributed by atoms with Gasteiger partial charge in [-0.05, 0) is 118 Å². The molecule has 8 aromatic rings. The van der Waals surface area contributed by atoms with Crippen LogP contribution in [0.1, 0.15) is 49.4 Å². The minimum atomic E-state index is -0.112. The molecule has 0 amide bonds. The summed E-state index contributed by atoms with van der Waals surface area (Å²) in [7, 11) is 0. The molecule has 7 aromatic carbocycles. The second-order valence-electron chi connectivity index (χ2n) is 16.5. The van der Waals surface area contributed by atoms with E-state index in [9.17, 15) is 0 Å². The maximum atomic E-state index is 6.54. The smallest absolute Gasteiger partial charge is 0.135 e. The minimum Gasteiger partial charge on any atom is -0.456 e. The molecule has 3 nitrogen and oxygen atoms in total. The maximum absolute atomic E-state index is 6.54. The van der Waals surface area contributed by atoms with Gasteiger partial charge in [0.15, 0.2) is 0 Å². The average Bonchev–Trinajstić information content (AvgIpc) is 3.71. The van der Waals surface area contributed by atoms with Crippen LogP contribution in [-0.4, -0.2) is 12.3 Å². The Bertz CT molecular complexity index is 2930. The number of anilines is 3. The Kier molecular flexibility index (Phi) is 7.22. The van der Waals surface area contributed by atoms with E-state index in [2.05, 4.69) is 189 Å². The summed E-state index contributed by atoms with van der Waals surface area (Å²) in [4.78, 5) is 7.51. The number of furan rings is 1. The van der Waals surface area contributed by atoms with Crippen LogP contribution in [0.25, 0.3) is 55.3 Å². The topological polar surface area (TPSA) is 28.7 Å². The molecule has 2 heterocycles. The van der Waals surface area contributed by atoms with E-state index in [-0.39, 0.29) is 10.8 Å². The van der Waals surface area contributed by atoms with E-state index in [0.717, 1.165) is 58.4 Å². The van der Waals surface area contributed by atoms with Gasteiger partial charge in [-0.2, -0.15) is 0 Å². The zero-order valence-electron chi connectivity index (χ0n) is 32.0. The molecule has 11 rings (SSSR count). The first kappa shape index (κ1) is 32.9. The van der Waals surface area contributed by atoms with Crippen LogP contribution in [0.3, 0.4) is 0 Å². The third-order valence-electron chi connectivity index (χ3n) is 12.8. The van der Waals surface area contributed by atoms with Crippen molar-refractivity contribution in [3.63, 3.8) is 0 Å². The summed E-state index contributed by atoms with van der Waals surface area (Å²) in [5.41, 5.74) is 19.1. The number of dihydropyridines is 1. The number of aliphatic imine (C=N–C) groups is 1. The van der Waals surface area contributed by atoms with E-state index < -0.39 is 0 Å². The van der Waals surface area contributed by atoms with E-state index in [0.29, 0.717) is 0 Å². The number of fused-ring (bicyclic) bond motifs is 9. The molecule has 0 bridgehead atoms. The molecule has 0 spiro atoms. The van der Waals surface area contributed by atoms with Crippen molar-refractivity contribution in [1.29, 1.82) is 0 Å². The lowest BCUT2D eigenvalue weighted by Crippen LogP contribution is -2.34. The predicted octanol–water partition coefficient (Wildman–Crippen LogP) is 14.0. The number of nitrogens with zero attached hydrogens (tertiary/aromatic N) is 2. The van der Waals surface area contributed by atoms with Gasteiger partial charge in [0.1, 0.15) is 11.2 Å². The summed E-state index contributed by atoms with van der Waals surface area (Å²) in [5, 5.41) is 2.22. The van der Waals surface area contributed by atoms with Crippen LogP contribution in [0.15, 0.2) is 173 Å². The number of rotatable bonds is 5. The molecule has 1 aliphatic heterocycles. The number of benzene rings is 7. The number of allylic oxidation sites excluding steroid dienone is 1. The molecule has 56 heavy (non-hydrogen) atoms. The molecule has 3 heteroatoms.